The molecule has 2 rings (SSSR count). The number of methoxy groups -OCH3 is 1. The van der Waals surface area contributed by atoms with Crippen LogP contribution < -0.4 is 20.3 Å². The summed E-state index contributed by atoms with van der Waals surface area (Å²) < 4.78 is 10.0. The maximum atomic E-state index is 11.9. The molecule has 24 heavy (non-hydrogen) atoms. The summed E-state index contributed by atoms with van der Waals surface area (Å²) in [6, 6.07) is 4.60. The number of aromatic nitrogens is 2. The van der Waals surface area contributed by atoms with E-state index in [1.165, 1.54) is 13.2 Å². The predicted molar refractivity (Wildman–Crippen MR) is 83.6 cm³/mol. The largest absolute Gasteiger partial charge is 0.495 e. The molecular formula is C13H11ClN4O6. The number of carbonyl (C=O) groups excluding carboxylic acids is 1. The van der Waals surface area contributed by atoms with Crippen LogP contribution in [0.15, 0.2) is 29.3 Å². The number of hydrogen-bond acceptors (Lipinski definition) is 7. The van der Waals surface area contributed by atoms with E-state index in [0.717, 1.165) is 6.33 Å². The van der Waals surface area contributed by atoms with E-state index >= 15 is 0 Å². The van der Waals surface area contributed by atoms with Gasteiger partial charge in [0.2, 0.25) is 0 Å². The standard InChI is InChI=1S/C13H11ClN4O6/c1-23-9-3-2-7(14)4-8(9)17-10(19)5-24-13-11(18(21)22)12(20)15-6-16-13/h2-4,6H,5H2,1H3,(H,17,19)(H,15,16,20). The number of nitrogens with one attached hydrogen (secondary N) is 2. The summed E-state index contributed by atoms with van der Waals surface area (Å²) in [5.41, 5.74) is -1.57. The second-order valence-corrected chi connectivity index (χ2v) is 4.76. The number of anilines is 1. The van der Waals surface area contributed by atoms with Crippen molar-refractivity contribution in [2.24, 2.45) is 0 Å². The summed E-state index contributed by atoms with van der Waals surface area (Å²) in [5, 5.41) is 13.7. The van der Waals surface area contributed by atoms with Crippen LogP contribution in [0.5, 0.6) is 11.6 Å². The first-order valence-corrected chi connectivity index (χ1v) is 6.78. The number of rotatable bonds is 6. The van der Waals surface area contributed by atoms with E-state index < -0.39 is 34.6 Å². The number of halogens is 1. The van der Waals surface area contributed by atoms with Gasteiger partial charge in [-0.15, -0.1) is 0 Å². The van der Waals surface area contributed by atoms with Gasteiger partial charge < -0.3 is 19.8 Å². The molecule has 0 spiro atoms. The number of benzene rings is 1. The van der Waals surface area contributed by atoms with Crippen molar-refractivity contribution in [1.29, 1.82) is 0 Å². The molecule has 1 heterocycles. The fourth-order valence-electron chi connectivity index (χ4n) is 1.74. The van der Waals surface area contributed by atoms with Gasteiger partial charge in [-0.05, 0) is 18.2 Å². The van der Waals surface area contributed by atoms with E-state index in [9.17, 15) is 19.7 Å². The number of nitro groups is 1. The van der Waals surface area contributed by atoms with Gasteiger partial charge in [0.15, 0.2) is 6.61 Å². The summed E-state index contributed by atoms with van der Waals surface area (Å²) in [6.07, 6.45) is 0.933. The number of nitrogens with zero attached hydrogens (tertiary/aromatic N) is 2. The Balaban J connectivity index is 2.10. The van der Waals surface area contributed by atoms with Crippen molar-refractivity contribution < 1.29 is 19.2 Å². The molecule has 1 amide bonds. The molecule has 0 unspecified atom stereocenters. The molecule has 0 fully saturated rings. The van der Waals surface area contributed by atoms with Gasteiger partial charge >= 0.3 is 17.1 Å². The lowest BCUT2D eigenvalue weighted by Gasteiger charge is -2.10. The number of carbonyl (C=O) groups is 1. The Bertz CT molecular complexity index is 837. The molecule has 126 valence electrons. The smallest absolute Gasteiger partial charge is 0.395 e. The monoisotopic (exact) mass is 354 g/mol. The van der Waals surface area contributed by atoms with Gasteiger partial charge in [0, 0.05) is 5.02 Å². The second kappa shape index (κ2) is 7.42. The maximum Gasteiger partial charge on any atom is 0.395 e. The third-order valence-electron chi connectivity index (χ3n) is 2.75. The molecule has 0 radical (unpaired) electrons. The van der Waals surface area contributed by atoms with Crippen molar-refractivity contribution in [2.75, 3.05) is 19.0 Å². The minimum Gasteiger partial charge on any atom is -0.495 e. The number of ether oxygens (including phenoxy) is 2. The molecule has 0 atom stereocenters. The fraction of sp³-hybridized carbons (Fsp3) is 0.154. The number of H-pyrrole nitrogens is 1. The molecule has 10 nitrogen and oxygen atoms in total. The van der Waals surface area contributed by atoms with Gasteiger partial charge in [0.25, 0.3) is 5.91 Å². The summed E-state index contributed by atoms with van der Waals surface area (Å²) >= 11 is 5.84. The highest BCUT2D eigenvalue weighted by Gasteiger charge is 2.23. The molecule has 1 aromatic heterocycles. The predicted octanol–water partition coefficient (Wildman–Crippen LogP) is 1.36. The molecule has 0 aliphatic carbocycles. The summed E-state index contributed by atoms with van der Waals surface area (Å²) in [6.45, 7) is -0.604. The Morgan fingerprint density at radius 1 is 1.50 bits per heavy atom. The normalized spacial score (nSPS) is 10.1. The first-order valence-electron chi connectivity index (χ1n) is 6.40. The van der Waals surface area contributed by atoms with Gasteiger partial charge in [0.05, 0.1) is 24.0 Å². The van der Waals surface area contributed by atoms with Crippen molar-refractivity contribution in [1.82, 2.24) is 9.97 Å². The van der Waals surface area contributed by atoms with Gasteiger partial charge in [0.1, 0.15) is 5.75 Å². The highest BCUT2D eigenvalue weighted by Crippen LogP contribution is 2.27. The molecule has 0 aliphatic rings. The Morgan fingerprint density at radius 2 is 2.25 bits per heavy atom. The van der Waals surface area contributed by atoms with Gasteiger partial charge in [-0.25, -0.2) is 0 Å². The van der Waals surface area contributed by atoms with Crippen LogP contribution in [-0.4, -0.2) is 34.5 Å². The summed E-state index contributed by atoms with van der Waals surface area (Å²) in [7, 11) is 1.42. The van der Waals surface area contributed by atoms with Gasteiger partial charge in [-0.3, -0.25) is 19.7 Å². The lowest BCUT2D eigenvalue weighted by atomic mass is 10.3. The lowest BCUT2D eigenvalue weighted by Crippen LogP contribution is -2.22. The number of hydrogen-bond donors (Lipinski definition) is 2. The fourth-order valence-corrected chi connectivity index (χ4v) is 1.91. The van der Waals surface area contributed by atoms with Crippen LogP contribution in [0.2, 0.25) is 5.02 Å². The number of amides is 1. The Hall–Kier alpha value is -3.14. The quantitative estimate of drug-likeness (QED) is 0.590. The van der Waals surface area contributed by atoms with E-state index in [-0.39, 0.29) is 0 Å². The lowest BCUT2D eigenvalue weighted by molar-refractivity contribution is -0.387. The first kappa shape index (κ1) is 17.2. The van der Waals surface area contributed by atoms with Crippen molar-refractivity contribution in [2.45, 2.75) is 0 Å². The van der Waals surface area contributed by atoms with E-state index in [1.807, 2.05) is 0 Å². The SMILES string of the molecule is COc1ccc(Cl)cc1NC(=O)COc1nc[nH]c(=O)c1[N+](=O)[O-]. The van der Waals surface area contributed by atoms with Crippen LogP contribution in [0.1, 0.15) is 0 Å². The third kappa shape index (κ3) is 3.98. The van der Waals surface area contributed by atoms with Gasteiger partial charge in [-0.2, -0.15) is 4.98 Å². The molecule has 0 saturated carbocycles. The molecule has 11 heteroatoms. The van der Waals surface area contributed by atoms with Crippen LogP contribution in [0.25, 0.3) is 0 Å². The summed E-state index contributed by atoms with van der Waals surface area (Å²) in [4.78, 5) is 38.8. The van der Waals surface area contributed by atoms with Gasteiger partial charge in [-0.1, -0.05) is 11.6 Å². The minimum absolute atomic E-state index is 0.298. The van der Waals surface area contributed by atoms with Crippen molar-refractivity contribution in [3.63, 3.8) is 0 Å². The molecular weight excluding hydrogens is 344 g/mol. The Labute approximate surface area is 139 Å². The molecule has 2 N–H and O–H groups in total. The van der Waals surface area contributed by atoms with Crippen molar-refractivity contribution in [3.05, 3.63) is 50.0 Å². The zero-order valence-corrected chi connectivity index (χ0v) is 13.0. The third-order valence-corrected chi connectivity index (χ3v) is 2.99. The maximum absolute atomic E-state index is 11.9. The summed E-state index contributed by atoms with van der Waals surface area (Å²) in [5.74, 6) is -0.836. The zero-order chi connectivity index (χ0) is 17.7. The van der Waals surface area contributed by atoms with E-state index in [2.05, 4.69) is 15.3 Å². The van der Waals surface area contributed by atoms with Crippen LogP contribution >= 0.6 is 11.6 Å². The molecule has 0 aliphatic heterocycles. The second-order valence-electron chi connectivity index (χ2n) is 4.32. The van der Waals surface area contributed by atoms with Crippen LogP contribution in [0.4, 0.5) is 11.4 Å². The average molecular weight is 355 g/mol. The first-order chi connectivity index (χ1) is 11.4. The highest BCUT2D eigenvalue weighted by molar-refractivity contribution is 6.31. The molecule has 0 saturated heterocycles. The molecule has 1 aromatic carbocycles. The van der Waals surface area contributed by atoms with Crippen molar-refractivity contribution in [3.8, 4) is 11.6 Å². The number of aromatic amines is 1. The Kier molecular flexibility index (Phi) is 5.32. The van der Waals surface area contributed by atoms with E-state index in [0.29, 0.717) is 16.5 Å². The van der Waals surface area contributed by atoms with E-state index in [1.54, 1.807) is 12.1 Å². The Morgan fingerprint density at radius 3 is 2.92 bits per heavy atom. The van der Waals surface area contributed by atoms with Crippen LogP contribution in [0.3, 0.4) is 0 Å². The van der Waals surface area contributed by atoms with Crippen molar-refractivity contribution >= 4 is 28.9 Å². The molecule has 0 bridgehead atoms. The average Bonchev–Trinajstić information content (AvgIpc) is 2.52. The van der Waals surface area contributed by atoms with Crippen LogP contribution in [-0.2, 0) is 4.79 Å². The van der Waals surface area contributed by atoms with Crippen LogP contribution in [0, 0.1) is 10.1 Å². The molecule has 2 aromatic rings. The topological polar surface area (TPSA) is 136 Å². The zero-order valence-electron chi connectivity index (χ0n) is 12.2. The van der Waals surface area contributed by atoms with E-state index in [4.69, 9.17) is 21.1 Å². The minimum atomic E-state index is -0.984. The highest BCUT2D eigenvalue weighted by atomic mass is 35.5.